The number of methoxy groups -OCH3 is 1. The first-order chi connectivity index (χ1) is 8.84. The number of sulfone groups is 1. The van der Waals surface area contributed by atoms with Crippen LogP contribution in [0.4, 0.5) is 5.82 Å². The number of aromatic nitrogens is 1. The van der Waals surface area contributed by atoms with E-state index in [1.54, 1.807) is 0 Å². The molecule has 0 aliphatic rings. The van der Waals surface area contributed by atoms with Crippen molar-refractivity contribution < 1.29 is 23.1 Å². The van der Waals surface area contributed by atoms with Crippen LogP contribution in [0.2, 0.25) is 0 Å². The molecule has 0 bridgehead atoms. The zero-order valence-corrected chi connectivity index (χ0v) is 11.5. The lowest BCUT2D eigenvalue weighted by molar-refractivity contribution is -0.139. The largest absolute Gasteiger partial charge is 0.481 e. The minimum absolute atomic E-state index is 0.0696. The Balaban J connectivity index is 2.80. The smallest absolute Gasteiger partial charge is 0.306 e. The molecule has 106 valence electrons. The van der Waals surface area contributed by atoms with Crippen LogP contribution in [0.1, 0.15) is 6.42 Å². The number of carboxylic acid groups (broad SMARTS) is 1. The van der Waals surface area contributed by atoms with Gasteiger partial charge < -0.3 is 15.2 Å². The molecular formula is C11H16N2O5S. The molecule has 0 radical (unpaired) electrons. The van der Waals surface area contributed by atoms with Crippen molar-refractivity contribution in [3.8, 4) is 0 Å². The summed E-state index contributed by atoms with van der Waals surface area (Å²) in [4.78, 5) is 14.6. The van der Waals surface area contributed by atoms with Gasteiger partial charge >= 0.3 is 5.97 Å². The maximum absolute atomic E-state index is 11.5. The van der Waals surface area contributed by atoms with Gasteiger partial charge in [0.2, 0.25) is 0 Å². The van der Waals surface area contributed by atoms with Gasteiger partial charge in [0.15, 0.2) is 9.84 Å². The number of anilines is 1. The summed E-state index contributed by atoms with van der Waals surface area (Å²) in [6.45, 7) is 0.155. The molecule has 1 rings (SSSR count). The van der Waals surface area contributed by atoms with Gasteiger partial charge in [0.05, 0.1) is 12.5 Å². The van der Waals surface area contributed by atoms with E-state index in [-0.39, 0.29) is 23.7 Å². The molecule has 19 heavy (non-hydrogen) atoms. The summed E-state index contributed by atoms with van der Waals surface area (Å²) >= 11 is 0. The van der Waals surface area contributed by atoms with Crippen molar-refractivity contribution in [3.05, 3.63) is 18.3 Å². The lowest BCUT2D eigenvalue weighted by atomic mass is 10.2. The lowest BCUT2D eigenvalue weighted by Crippen LogP contribution is -2.25. The van der Waals surface area contributed by atoms with Crippen molar-refractivity contribution in [1.29, 1.82) is 0 Å². The zero-order chi connectivity index (χ0) is 14.5. The number of carboxylic acids is 1. The Hall–Kier alpha value is -1.67. The number of rotatable bonds is 7. The van der Waals surface area contributed by atoms with Crippen LogP contribution < -0.4 is 5.32 Å². The summed E-state index contributed by atoms with van der Waals surface area (Å²) in [6, 6.07) is 2.95. The van der Waals surface area contributed by atoms with E-state index in [9.17, 15) is 13.2 Å². The Labute approximate surface area is 111 Å². The molecule has 1 heterocycles. The number of nitrogens with one attached hydrogen (secondary N) is 1. The number of hydrogen-bond donors (Lipinski definition) is 2. The number of hydrogen-bond acceptors (Lipinski definition) is 6. The van der Waals surface area contributed by atoms with Gasteiger partial charge in [-0.15, -0.1) is 0 Å². The number of pyridine rings is 1. The number of ether oxygens (including phenoxy) is 1. The van der Waals surface area contributed by atoms with E-state index in [1.165, 1.54) is 25.4 Å². The van der Waals surface area contributed by atoms with E-state index < -0.39 is 21.9 Å². The Bertz CT molecular complexity index is 544. The molecule has 7 nitrogen and oxygen atoms in total. The summed E-state index contributed by atoms with van der Waals surface area (Å²) in [6.07, 6.45) is 1.80. The standard InChI is InChI=1S/C11H16N2O5S/c1-18-8(6-10(14)15)7-13-11-9(19(2,16)17)4-3-5-12-11/h3-5,8H,6-7H2,1-2H3,(H,12,13)(H,14,15). The van der Waals surface area contributed by atoms with E-state index >= 15 is 0 Å². The molecule has 0 aromatic carbocycles. The van der Waals surface area contributed by atoms with Crippen molar-refractivity contribution >= 4 is 21.6 Å². The average molecular weight is 288 g/mol. The SMILES string of the molecule is COC(CNc1ncccc1S(C)(=O)=O)CC(=O)O. The van der Waals surface area contributed by atoms with E-state index in [2.05, 4.69) is 10.3 Å². The fourth-order valence-corrected chi connectivity index (χ4v) is 2.27. The summed E-state index contributed by atoms with van der Waals surface area (Å²) in [5.41, 5.74) is 0. The second-order valence-electron chi connectivity index (χ2n) is 3.96. The van der Waals surface area contributed by atoms with Gasteiger partial charge in [-0.2, -0.15) is 0 Å². The molecule has 0 aliphatic heterocycles. The molecule has 0 saturated carbocycles. The van der Waals surface area contributed by atoms with Gasteiger partial charge in [-0.3, -0.25) is 4.79 Å². The Morgan fingerprint density at radius 3 is 2.79 bits per heavy atom. The molecule has 0 saturated heterocycles. The van der Waals surface area contributed by atoms with E-state index in [1.807, 2.05) is 0 Å². The Morgan fingerprint density at radius 2 is 2.26 bits per heavy atom. The van der Waals surface area contributed by atoms with Crippen molar-refractivity contribution in [1.82, 2.24) is 4.98 Å². The second kappa shape index (κ2) is 6.48. The monoisotopic (exact) mass is 288 g/mol. The molecule has 0 fully saturated rings. The zero-order valence-electron chi connectivity index (χ0n) is 10.7. The number of carbonyl (C=O) groups is 1. The predicted molar refractivity (Wildman–Crippen MR) is 68.9 cm³/mol. The first-order valence-electron chi connectivity index (χ1n) is 5.48. The van der Waals surface area contributed by atoms with Crippen molar-refractivity contribution in [2.75, 3.05) is 25.2 Å². The third-order valence-corrected chi connectivity index (χ3v) is 3.53. The van der Waals surface area contributed by atoms with E-state index in [0.717, 1.165) is 6.26 Å². The van der Waals surface area contributed by atoms with Crippen LogP contribution in [0.15, 0.2) is 23.2 Å². The fourth-order valence-electron chi connectivity index (χ4n) is 1.47. The van der Waals surface area contributed by atoms with Gasteiger partial charge in [-0.25, -0.2) is 13.4 Å². The van der Waals surface area contributed by atoms with Gasteiger partial charge in [-0.05, 0) is 12.1 Å². The maximum atomic E-state index is 11.5. The minimum Gasteiger partial charge on any atom is -0.481 e. The highest BCUT2D eigenvalue weighted by Gasteiger charge is 2.16. The topological polar surface area (TPSA) is 106 Å². The van der Waals surface area contributed by atoms with Crippen LogP contribution in [0.3, 0.4) is 0 Å². The van der Waals surface area contributed by atoms with Crippen molar-refractivity contribution in [2.24, 2.45) is 0 Å². The van der Waals surface area contributed by atoms with Crippen LogP contribution in [-0.4, -0.2) is 50.5 Å². The normalized spacial score (nSPS) is 12.9. The highest BCUT2D eigenvalue weighted by molar-refractivity contribution is 7.90. The van der Waals surface area contributed by atoms with Crippen LogP contribution >= 0.6 is 0 Å². The van der Waals surface area contributed by atoms with Crippen molar-refractivity contribution in [3.63, 3.8) is 0 Å². The summed E-state index contributed by atoms with van der Waals surface area (Å²) in [5.74, 6) is -0.796. The van der Waals surface area contributed by atoms with Crippen LogP contribution in [0.25, 0.3) is 0 Å². The van der Waals surface area contributed by atoms with Gasteiger partial charge in [0.25, 0.3) is 0 Å². The molecule has 0 aliphatic carbocycles. The second-order valence-corrected chi connectivity index (χ2v) is 5.94. The Morgan fingerprint density at radius 1 is 1.58 bits per heavy atom. The van der Waals surface area contributed by atoms with Gasteiger partial charge in [0.1, 0.15) is 10.7 Å². The predicted octanol–water partition coefficient (Wildman–Crippen LogP) is 0.387. The number of aliphatic carboxylic acids is 1. The molecule has 1 atom stereocenters. The minimum atomic E-state index is -3.39. The molecule has 0 amide bonds. The molecular weight excluding hydrogens is 272 g/mol. The highest BCUT2D eigenvalue weighted by Crippen LogP contribution is 2.17. The third-order valence-electron chi connectivity index (χ3n) is 2.40. The molecule has 1 unspecified atom stereocenters. The van der Waals surface area contributed by atoms with E-state index in [4.69, 9.17) is 9.84 Å². The van der Waals surface area contributed by atoms with Crippen LogP contribution in [0.5, 0.6) is 0 Å². The molecule has 8 heteroatoms. The first kappa shape index (κ1) is 15.4. The van der Waals surface area contributed by atoms with Crippen molar-refractivity contribution in [2.45, 2.75) is 17.4 Å². The molecule has 2 N–H and O–H groups in total. The lowest BCUT2D eigenvalue weighted by Gasteiger charge is -2.15. The number of nitrogens with zero attached hydrogens (tertiary/aromatic N) is 1. The van der Waals surface area contributed by atoms with Crippen LogP contribution in [0, 0.1) is 0 Å². The quantitative estimate of drug-likeness (QED) is 0.747. The molecule has 1 aromatic rings. The third kappa shape index (κ3) is 4.84. The van der Waals surface area contributed by atoms with Gasteiger partial charge in [-0.1, -0.05) is 0 Å². The summed E-state index contributed by atoms with van der Waals surface area (Å²) < 4.78 is 28.1. The molecule has 0 spiro atoms. The Kier molecular flexibility index (Phi) is 5.25. The maximum Gasteiger partial charge on any atom is 0.306 e. The fraction of sp³-hybridized carbons (Fsp3) is 0.455. The molecule has 1 aromatic heterocycles. The van der Waals surface area contributed by atoms with Crippen LogP contribution in [-0.2, 0) is 19.4 Å². The van der Waals surface area contributed by atoms with E-state index in [0.29, 0.717) is 0 Å². The first-order valence-corrected chi connectivity index (χ1v) is 7.37. The summed E-state index contributed by atoms with van der Waals surface area (Å²) in [7, 11) is -2.00. The highest BCUT2D eigenvalue weighted by atomic mass is 32.2. The van der Waals surface area contributed by atoms with Gasteiger partial charge in [0, 0.05) is 26.1 Å². The average Bonchev–Trinajstić information content (AvgIpc) is 2.33. The summed E-state index contributed by atoms with van der Waals surface area (Å²) in [5, 5.41) is 11.5.